The molecular formula is C13H17N3O3S2. The van der Waals surface area contributed by atoms with Crippen LogP contribution in [0, 0.1) is 0 Å². The number of nitrogens with one attached hydrogen (secondary N) is 1. The van der Waals surface area contributed by atoms with E-state index in [0.717, 1.165) is 16.9 Å². The van der Waals surface area contributed by atoms with E-state index in [1.807, 2.05) is 37.3 Å². The molecule has 0 aliphatic heterocycles. The van der Waals surface area contributed by atoms with Crippen LogP contribution < -0.4 is 10.5 Å². The average molecular weight is 327 g/mol. The summed E-state index contributed by atoms with van der Waals surface area (Å²) in [5.74, 6) is 0. The zero-order chi connectivity index (χ0) is 15.3. The number of ether oxygens (including phenoxy) is 1. The lowest BCUT2D eigenvalue weighted by atomic mass is 10.1. The third-order valence-corrected chi connectivity index (χ3v) is 5.11. The minimum absolute atomic E-state index is 0.0395. The van der Waals surface area contributed by atoms with Crippen molar-refractivity contribution in [2.45, 2.75) is 17.2 Å². The molecule has 8 heteroatoms. The maximum absolute atomic E-state index is 11.2. The molecule has 114 valence electrons. The molecule has 1 aromatic carbocycles. The van der Waals surface area contributed by atoms with Gasteiger partial charge >= 0.3 is 0 Å². The molecule has 6 nitrogen and oxygen atoms in total. The van der Waals surface area contributed by atoms with Gasteiger partial charge in [-0.25, -0.2) is 18.5 Å². The van der Waals surface area contributed by atoms with Gasteiger partial charge in [0.25, 0.3) is 0 Å². The number of sulfonamides is 1. The average Bonchev–Trinajstić information content (AvgIpc) is 2.93. The van der Waals surface area contributed by atoms with Crippen LogP contribution in [0.5, 0.6) is 0 Å². The van der Waals surface area contributed by atoms with Crippen LogP contribution in [0.2, 0.25) is 0 Å². The Kier molecular flexibility index (Phi) is 5.29. The van der Waals surface area contributed by atoms with E-state index < -0.39 is 10.0 Å². The smallest absolute Gasteiger partial charge is 0.249 e. The Bertz CT molecular complexity index is 671. The summed E-state index contributed by atoms with van der Waals surface area (Å²) in [6.07, 6.45) is 1.12. The van der Waals surface area contributed by atoms with Gasteiger partial charge in [0, 0.05) is 13.2 Å². The number of thiazole rings is 1. The summed E-state index contributed by atoms with van der Waals surface area (Å²) >= 11 is 1.00. The summed E-state index contributed by atoms with van der Waals surface area (Å²) in [7, 11) is -3.70. The van der Waals surface area contributed by atoms with Gasteiger partial charge in [0.2, 0.25) is 10.0 Å². The fourth-order valence-electron chi connectivity index (χ4n) is 1.79. The number of nitrogens with two attached hydrogens (primary N) is 1. The van der Waals surface area contributed by atoms with Gasteiger partial charge in [-0.15, -0.1) is 0 Å². The first kappa shape index (κ1) is 15.9. The zero-order valence-corrected chi connectivity index (χ0v) is 13.2. The van der Waals surface area contributed by atoms with Gasteiger partial charge in [-0.1, -0.05) is 41.7 Å². The fourth-order valence-corrected chi connectivity index (χ4v) is 3.25. The maximum Gasteiger partial charge on any atom is 0.249 e. The van der Waals surface area contributed by atoms with Crippen LogP contribution in [0.1, 0.15) is 18.6 Å². The van der Waals surface area contributed by atoms with E-state index in [2.05, 4.69) is 10.3 Å². The van der Waals surface area contributed by atoms with Crippen molar-refractivity contribution in [1.82, 2.24) is 4.98 Å². The third-order valence-electron chi connectivity index (χ3n) is 2.74. The summed E-state index contributed by atoms with van der Waals surface area (Å²) in [5, 5.41) is 8.64. The highest BCUT2D eigenvalue weighted by Gasteiger charge is 2.15. The van der Waals surface area contributed by atoms with Gasteiger partial charge in [-0.3, -0.25) is 0 Å². The van der Waals surface area contributed by atoms with E-state index in [1.165, 1.54) is 6.20 Å². The molecule has 2 rings (SSSR count). The minimum atomic E-state index is -3.70. The van der Waals surface area contributed by atoms with Gasteiger partial charge in [0.05, 0.1) is 12.3 Å². The van der Waals surface area contributed by atoms with Crippen LogP contribution in [-0.4, -0.2) is 26.6 Å². The Labute approximate surface area is 128 Å². The third kappa shape index (κ3) is 4.50. The highest BCUT2D eigenvalue weighted by molar-refractivity contribution is 7.91. The molecule has 0 radical (unpaired) electrons. The molecule has 1 aromatic heterocycles. The largest absolute Gasteiger partial charge is 0.372 e. The molecule has 0 amide bonds. The van der Waals surface area contributed by atoms with Crippen molar-refractivity contribution in [2.24, 2.45) is 5.14 Å². The van der Waals surface area contributed by atoms with Crippen molar-refractivity contribution in [1.29, 1.82) is 0 Å². The summed E-state index contributed by atoms with van der Waals surface area (Å²) in [4.78, 5) is 4.00. The minimum Gasteiger partial charge on any atom is -0.372 e. The molecule has 0 saturated carbocycles. The molecule has 0 fully saturated rings. The lowest BCUT2D eigenvalue weighted by Gasteiger charge is -2.17. The molecule has 0 aliphatic rings. The van der Waals surface area contributed by atoms with E-state index in [4.69, 9.17) is 9.88 Å². The number of primary sulfonamides is 1. The Hall–Kier alpha value is -1.48. The molecular weight excluding hydrogens is 310 g/mol. The van der Waals surface area contributed by atoms with Crippen molar-refractivity contribution in [3.8, 4) is 0 Å². The van der Waals surface area contributed by atoms with E-state index in [-0.39, 0.29) is 10.3 Å². The van der Waals surface area contributed by atoms with Crippen LogP contribution in [0.25, 0.3) is 0 Å². The topological polar surface area (TPSA) is 94.3 Å². The van der Waals surface area contributed by atoms with E-state index in [1.54, 1.807) is 0 Å². The number of aromatic nitrogens is 1. The SMILES string of the molecule is CCOC(CNc1ncc(S(N)(=O)=O)s1)c1ccccc1. The molecule has 1 heterocycles. The van der Waals surface area contributed by atoms with E-state index in [0.29, 0.717) is 18.3 Å². The standard InChI is InChI=1S/C13H17N3O3S2/c1-2-19-11(10-6-4-3-5-7-10)8-15-13-16-9-12(20-13)21(14,17)18/h3-7,9,11H,2,8H2,1H3,(H,15,16)(H2,14,17,18). The first-order valence-electron chi connectivity index (χ1n) is 6.39. The molecule has 0 spiro atoms. The van der Waals surface area contributed by atoms with E-state index >= 15 is 0 Å². The molecule has 0 aliphatic carbocycles. The number of rotatable bonds is 7. The van der Waals surface area contributed by atoms with Crippen LogP contribution in [-0.2, 0) is 14.8 Å². The molecule has 1 atom stereocenters. The van der Waals surface area contributed by atoms with Crippen LogP contribution in [0.15, 0.2) is 40.7 Å². The fraction of sp³-hybridized carbons (Fsp3) is 0.308. The predicted molar refractivity (Wildman–Crippen MR) is 82.8 cm³/mol. The predicted octanol–water partition coefficient (Wildman–Crippen LogP) is 1.98. The Morgan fingerprint density at radius 3 is 2.67 bits per heavy atom. The van der Waals surface area contributed by atoms with Crippen LogP contribution in [0.4, 0.5) is 5.13 Å². The second-order valence-electron chi connectivity index (χ2n) is 4.27. The number of anilines is 1. The Morgan fingerprint density at radius 2 is 2.10 bits per heavy atom. The lowest BCUT2D eigenvalue weighted by molar-refractivity contribution is 0.0719. The van der Waals surface area contributed by atoms with Crippen LogP contribution >= 0.6 is 11.3 Å². The molecule has 2 aromatic rings. The van der Waals surface area contributed by atoms with Gasteiger partial charge in [0.15, 0.2) is 9.34 Å². The van der Waals surface area contributed by atoms with Gasteiger partial charge in [-0.2, -0.15) is 0 Å². The first-order valence-corrected chi connectivity index (χ1v) is 8.76. The number of benzene rings is 1. The van der Waals surface area contributed by atoms with Gasteiger partial charge in [-0.05, 0) is 12.5 Å². The molecule has 1 unspecified atom stereocenters. The number of hydrogen-bond donors (Lipinski definition) is 2. The second-order valence-corrected chi connectivity index (χ2v) is 7.08. The van der Waals surface area contributed by atoms with Crippen molar-refractivity contribution in [3.05, 3.63) is 42.1 Å². The number of nitrogens with zero attached hydrogens (tertiary/aromatic N) is 1. The second kappa shape index (κ2) is 6.99. The Morgan fingerprint density at radius 1 is 1.38 bits per heavy atom. The summed E-state index contributed by atoms with van der Waals surface area (Å²) in [6, 6.07) is 9.81. The summed E-state index contributed by atoms with van der Waals surface area (Å²) in [5.41, 5.74) is 1.05. The van der Waals surface area contributed by atoms with Crippen molar-refractivity contribution in [2.75, 3.05) is 18.5 Å². The van der Waals surface area contributed by atoms with Gasteiger partial charge in [0.1, 0.15) is 0 Å². The van der Waals surface area contributed by atoms with Crippen molar-refractivity contribution >= 4 is 26.5 Å². The van der Waals surface area contributed by atoms with Crippen molar-refractivity contribution < 1.29 is 13.2 Å². The van der Waals surface area contributed by atoms with Crippen LogP contribution in [0.3, 0.4) is 0 Å². The number of hydrogen-bond acceptors (Lipinski definition) is 6. The lowest BCUT2D eigenvalue weighted by Crippen LogP contribution is -2.15. The molecule has 0 bridgehead atoms. The summed E-state index contributed by atoms with van der Waals surface area (Å²) < 4.78 is 28.1. The molecule has 21 heavy (non-hydrogen) atoms. The molecule has 0 saturated heterocycles. The Balaban J connectivity index is 2.04. The first-order chi connectivity index (χ1) is 10.0. The van der Waals surface area contributed by atoms with E-state index in [9.17, 15) is 8.42 Å². The molecule has 3 N–H and O–H groups in total. The zero-order valence-electron chi connectivity index (χ0n) is 11.5. The monoisotopic (exact) mass is 327 g/mol. The quantitative estimate of drug-likeness (QED) is 0.811. The highest BCUT2D eigenvalue weighted by Crippen LogP contribution is 2.23. The maximum atomic E-state index is 11.2. The normalized spacial score (nSPS) is 13.0. The van der Waals surface area contributed by atoms with Gasteiger partial charge < -0.3 is 10.1 Å². The highest BCUT2D eigenvalue weighted by atomic mass is 32.2. The van der Waals surface area contributed by atoms with Crippen molar-refractivity contribution in [3.63, 3.8) is 0 Å². The summed E-state index contributed by atoms with van der Waals surface area (Å²) in [6.45, 7) is 3.01.